The minimum atomic E-state index is -0.960. The summed E-state index contributed by atoms with van der Waals surface area (Å²) in [6, 6.07) is 9.61. The molecule has 7 nitrogen and oxygen atoms in total. The van der Waals surface area contributed by atoms with Crippen LogP contribution < -0.4 is 15.4 Å². The van der Waals surface area contributed by atoms with Crippen LogP contribution in [0.5, 0.6) is 5.75 Å². The van der Waals surface area contributed by atoms with Gasteiger partial charge < -0.3 is 15.4 Å². The van der Waals surface area contributed by atoms with Gasteiger partial charge in [0.15, 0.2) is 0 Å². The van der Waals surface area contributed by atoms with E-state index in [9.17, 15) is 19.3 Å². The molecule has 8 heteroatoms. The van der Waals surface area contributed by atoms with Crippen LogP contribution in [0, 0.1) is 15.9 Å². The fraction of sp³-hybridized carbons (Fsp3) is 0.188. The monoisotopic (exact) mass is 333 g/mol. The number of carbonyl (C=O) groups is 1. The van der Waals surface area contributed by atoms with Crippen molar-refractivity contribution in [3.8, 4) is 5.75 Å². The number of rotatable bonds is 6. The summed E-state index contributed by atoms with van der Waals surface area (Å²) in [4.78, 5) is 22.1. The van der Waals surface area contributed by atoms with E-state index in [-0.39, 0.29) is 5.69 Å². The Bertz CT molecular complexity index is 767. The van der Waals surface area contributed by atoms with Crippen LogP contribution in [0.15, 0.2) is 42.5 Å². The van der Waals surface area contributed by atoms with Crippen LogP contribution in [0.25, 0.3) is 0 Å². The summed E-state index contributed by atoms with van der Waals surface area (Å²) in [7, 11) is 1.52. The molecule has 2 rings (SSSR count). The predicted octanol–water partition coefficient (Wildman–Crippen LogP) is 3.18. The van der Waals surface area contributed by atoms with E-state index in [1.165, 1.54) is 13.2 Å². The fourth-order valence-electron chi connectivity index (χ4n) is 2.04. The van der Waals surface area contributed by atoms with Gasteiger partial charge in [-0.05, 0) is 31.2 Å². The maximum atomic E-state index is 13.3. The number of nitrogens with one attached hydrogen (secondary N) is 2. The van der Waals surface area contributed by atoms with E-state index in [1.807, 2.05) is 0 Å². The minimum Gasteiger partial charge on any atom is -0.495 e. The molecular formula is C16H16FN3O4. The summed E-state index contributed by atoms with van der Waals surface area (Å²) >= 11 is 0. The quantitative estimate of drug-likeness (QED) is 0.625. The number of hydrogen-bond donors (Lipinski definition) is 2. The molecule has 0 radical (unpaired) electrons. The molecule has 0 aliphatic rings. The molecule has 0 unspecified atom stereocenters. The summed E-state index contributed by atoms with van der Waals surface area (Å²) < 4.78 is 18.5. The first-order valence-electron chi connectivity index (χ1n) is 7.06. The van der Waals surface area contributed by atoms with Crippen molar-refractivity contribution in [1.82, 2.24) is 0 Å². The number of nitro groups is 1. The molecule has 2 aromatic rings. The second-order valence-electron chi connectivity index (χ2n) is 4.98. The third-order valence-electron chi connectivity index (χ3n) is 3.28. The van der Waals surface area contributed by atoms with Gasteiger partial charge in [-0.25, -0.2) is 0 Å². The normalized spacial score (nSPS) is 11.5. The molecule has 126 valence electrons. The molecular weight excluding hydrogens is 317 g/mol. The molecule has 0 saturated heterocycles. The second kappa shape index (κ2) is 7.40. The zero-order chi connectivity index (χ0) is 17.7. The van der Waals surface area contributed by atoms with Crippen LogP contribution in [-0.2, 0) is 4.79 Å². The van der Waals surface area contributed by atoms with Gasteiger partial charge >= 0.3 is 5.69 Å². The van der Waals surface area contributed by atoms with Crippen LogP contribution >= 0.6 is 0 Å². The van der Waals surface area contributed by atoms with E-state index in [2.05, 4.69) is 10.6 Å². The van der Waals surface area contributed by atoms with Gasteiger partial charge in [0.1, 0.15) is 11.8 Å². The molecule has 0 aromatic heterocycles. The van der Waals surface area contributed by atoms with Crippen LogP contribution in [-0.4, -0.2) is 24.0 Å². The van der Waals surface area contributed by atoms with Crippen molar-refractivity contribution in [2.75, 3.05) is 17.7 Å². The van der Waals surface area contributed by atoms with Crippen LogP contribution in [0.2, 0.25) is 0 Å². The molecule has 1 amide bonds. The van der Waals surface area contributed by atoms with Crippen LogP contribution in [0.1, 0.15) is 6.92 Å². The van der Waals surface area contributed by atoms with E-state index in [1.54, 1.807) is 31.2 Å². The molecule has 0 aliphatic heterocycles. The van der Waals surface area contributed by atoms with Gasteiger partial charge in [-0.3, -0.25) is 14.9 Å². The predicted molar refractivity (Wildman–Crippen MR) is 87.8 cm³/mol. The van der Waals surface area contributed by atoms with E-state index < -0.39 is 28.4 Å². The number of methoxy groups -OCH3 is 1. The van der Waals surface area contributed by atoms with Crippen molar-refractivity contribution in [3.63, 3.8) is 0 Å². The van der Waals surface area contributed by atoms with E-state index >= 15 is 0 Å². The molecule has 0 heterocycles. The summed E-state index contributed by atoms with van der Waals surface area (Å²) in [6.07, 6.45) is 0. The van der Waals surface area contributed by atoms with E-state index in [0.29, 0.717) is 11.4 Å². The molecule has 0 bridgehead atoms. The number of para-hydroxylation sites is 2. The summed E-state index contributed by atoms with van der Waals surface area (Å²) in [5.41, 5.74) is 0.0765. The average molecular weight is 333 g/mol. The molecule has 24 heavy (non-hydrogen) atoms. The lowest BCUT2D eigenvalue weighted by molar-refractivity contribution is -0.387. The van der Waals surface area contributed by atoms with Crippen LogP contribution in [0.4, 0.5) is 21.5 Å². The maximum absolute atomic E-state index is 13.3. The Morgan fingerprint density at radius 3 is 2.67 bits per heavy atom. The van der Waals surface area contributed by atoms with Gasteiger partial charge in [-0.1, -0.05) is 12.1 Å². The SMILES string of the molecule is COc1ccccc1N[C@H](C)C(=O)Nc1ccc(F)c([N+](=O)[O-])c1. The fourth-order valence-corrected chi connectivity index (χ4v) is 2.04. The van der Waals surface area contributed by atoms with Gasteiger partial charge in [0.05, 0.1) is 17.7 Å². The number of anilines is 2. The Morgan fingerprint density at radius 2 is 2.00 bits per heavy atom. The van der Waals surface area contributed by atoms with Gasteiger partial charge in [-0.2, -0.15) is 4.39 Å². The second-order valence-corrected chi connectivity index (χ2v) is 4.98. The molecule has 0 saturated carbocycles. The smallest absolute Gasteiger partial charge is 0.306 e. The number of nitro benzene ring substituents is 1. The van der Waals surface area contributed by atoms with Crippen molar-refractivity contribution in [2.45, 2.75) is 13.0 Å². The Labute approximate surface area is 137 Å². The van der Waals surface area contributed by atoms with E-state index in [4.69, 9.17) is 4.74 Å². The molecule has 0 fully saturated rings. The first-order valence-corrected chi connectivity index (χ1v) is 7.06. The van der Waals surface area contributed by atoms with Crippen molar-refractivity contribution in [2.24, 2.45) is 0 Å². The lowest BCUT2D eigenvalue weighted by Gasteiger charge is -2.17. The van der Waals surface area contributed by atoms with Gasteiger partial charge in [-0.15, -0.1) is 0 Å². The Morgan fingerprint density at radius 1 is 1.29 bits per heavy atom. The molecule has 2 aromatic carbocycles. The van der Waals surface area contributed by atoms with Crippen molar-refractivity contribution in [3.05, 3.63) is 58.4 Å². The number of amides is 1. The number of nitrogens with zero attached hydrogens (tertiary/aromatic N) is 1. The van der Waals surface area contributed by atoms with Crippen molar-refractivity contribution in [1.29, 1.82) is 0 Å². The summed E-state index contributed by atoms with van der Waals surface area (Å²) in [6.45, 7) is 1.62. The summed E-state index contributed by atoms with van der Waals surface area (Å²) in [5.74, 6) is -0.811. The van der Waals surface area contributed by atoms with Crippen LogP contribution in [0.3, 0.4) is 0 Å². The van der Waals surface area contributed by atoms with Gasteiger partial charge in [0.2, 0.25) is 11.7 Å². The highest BCUT2D eigenvalue weighted by Crippen LogP contribution is 2.25. The number of carbonyl (C=O) groups excluding carboxylic acids is 1. The lowest BCUT2D eigenvalue weighted by atomic mass is 10.2. The van der Waals surface area contributed by atoms with Crippen molar-refractivity contribution >= 4 is 23.0 Å². The topological polar surface area (TPSA) is 93.5 Å². The highest BCUT2D eigenvalue weighted by atomic mass is 19.1. The lowest BCUT2D eigenvalue weighted by Crippen LogP contribution is -2.32. The number of halogens is 1. The molecule has 2 N–H and O–H groups in total. The standard InChI is InChI=1S/C16H16FN3O4/c1-10(18-13-5-3-4-6-15(13)24-2)16(21)19-11-7-8-12(17)14(9-11)20(22)23/h3-10,18H,1-2H3,(H,19,21)/t10-/m1/s1. The zero-order valence-electron chi connectivity index (χ0n) is 13.1. The highest BCUT2D eigenvalue weighted by Gasteiger charge is 2.18. The largest absolute Gasteiger partial charge is 0.495 e. The molecule has 0 spiro atoms. The number of benzene rings is 2. The molecule has 0 aliphatic carbocycles. The Balaban J connectivity index is 2.09. The maximum Gasteiger partial charge on any atom is 0.306 e. The first kappa shape index (κ1) is 17.2. The van der Waals surface area contributed by atoms with Gasteiger partial charge in [0.25, 0.3) is 0 Å². The highest BCUT2D eigenvalue weighted by molar-refractivity contribution is 5.96. The Hall–Kier alpha value is -3.16. The Kier molecular flexibility index (Phi) is 5.31. The van der Waals surface area contributed by atoms with E-state index in [0.717, 1.165) is 12.1 Å². The average Bonchev–Trinajstić information content (AvgIpc) is 2.56. The zero-order valence-corrected chi connectivity index (χ0v) is 13.1. The minimum absolute atomic E-state index is 0.141. The van der Waals surface area contributed by atoms with Gasteiger partial charge in [0, 0.05) is 11.8 Å². The molecule has 1 atom stereocenters. The van der Waals surface area contributed by atoms with Crippen molar-refractivity contribution < 1.29 is 18.8 Å². The third kappa shape index (κ3) is 3.97. The third-order valence-corrected chi connectivity index (χ3v) is 3.28. The summed E-state index contributed by atoms with van der Waals surface area (Å²) in [5, 5.41) is 16.2. The number of ether oxygens (including phenoxy) is 1. The first-order chi connectivity index (χ1) is 11.4. The number of hydrogen-bond acceptors (Lipinski definition) is 5.